The first kappa shape index (κ1) is 12.1. The summed E-state index contributed by atoms with van der Waals surface area (Å²) in [4.78, 5) is 12.2. The highest BCUT2D eigenvalue weighted by atomic mass is 19.4. The smallest absolute Gasteiger partial charge is 0.422 e. The normalized spacial score (nSPS) is 22.7. The van der Waals surface area contributed by atoms with Gasteiger partial charge in [-0.25, -0.2) is 4.79 Å². The van der Waals surface area contributed by atoms with Crippen LogP contribution in [-0.2, 0) is 4.74 Å². The number of β-amino-alcohol motifs (C(OH)–C–C–N with tert-alkyl or cyclic N) is 1. The average molecular weight is 227 g/mol. The Morgan fingerprint density at radius 1 is 1.53 bits per heavy atom. The van der Waals surface area contributed by atoms with Gasteiger partial charge < -0.3 is 14.7 Å². The Balaban J connectivity index is 2.33. The second-order valence-corrected chi connectivity index (χ2v) is 3.41. The molecule has 1 aliphatic rings. The topological polar surface area (TPSA) is 49.8 Å². The van der Waals surface area contributed by atoms with Crippen molar-refractivity contribution in [1.82, 2.24) is 4.90 Å². The molecular formula is C8H12F3NO3. The van der Waals surface area contributed by atoms with Crippen LogP contribution in [0.1, 0.15) is 12.8 Å². The van der Waals surface area contributed by atoms with Gasteiger partial charge in [-0.2, -0.15) is 13.2 Å². The fourth-order valence-electron chi connectivity index (χ4n) is 1.36. The van der Waals surface area contributed by atoms with E-state index in [1.165, 1.54) is 0 Å². The first-order valence-electron chi connectivity index (χ1n) is 4.55. The lowest BCUT2D eigenvalue weighted by Gasteiger charge is -2.29. The van der Waals surface area contributed by atoms with Gasteiger partial charge in [0.15, 0.2) is 6.61 Å². The van der Waals surface area contributed by atoms with Crippen LogP contribution in [0.4, 0.5) is 18.0 Å². The quantitative estimate of drug-likeness (QED) is 0.730. The van der Waals surface area contributed by atoms with E-state index in [9.17, 15) is 23.1 Å². The van der Waals surface area contributed by atoms with Gasteiger partial charge in [0.1, 0.15) is 0 Å². The number of nitrogens with zero attached hydrogens (tertiary/aromatic N) is 1. The number of aliphatic hydroxyl groups excluding tert-OH is 1. The highest BCUT2D eigenvalue weighted by Gasteiger charge is 2.31. The number of ether oxygens (including phenoxy) is 1. The number of aliphatic hydroxyl groups is 1. The van der Waals surface area contributed by atoms with E-state index in [2.05, 4.69) is 4.74 Å². The van der Waals surface area contributed by atoms with E-state index in [0.29, 0.717) is 19.4 Å². The Morgan fingerprint density at radius 2 is 2.20 bits per heavy atom. The van der Waals surface area contributed by atoms with Crippen LogP contribution in [0, 0.1) is 0 Å². The van der Waals surface area contributed by atoms with Crippen LogP contribution >= 0.6 is 0 Å². The SMILES string of the molecule is O=C(OCC(F)(F)F)N1CCC[C@H](O)C1. The molecule has 0 spiro atoms. The number of carbonyl (C=O) groups excluding carboxylic acids is 1. The second-order valence-electron chi connectivity index (χ2n) is 3.41. The molecule has 0 unspecified atom stereocenters. The van der Waals surface area contributed by atoms with Crippen LogP contribution in [0.25, 0.3) is 0 Å². The summed E-state index contributed by atoms with van der Waals surface area (Å²) < 4.78 is 39.2. The van der Waals surface area contributed by atoms with Gasteiger partial charge in [-0.1, -0.05) is 0 Å². The number of piperidine rings is 1. The third kappa shape index (κ3) is 4.37. The molecule has 0 bridgehead atoms. The Hall–Kier alpha value is -0.980. The maximum absolute atomic E-state index is 11.7. The van der Waals surface area contributed by atoms with Crippen LogP contribution in [0.2, 0.25) is 0 Å². The molecule has 0 radical (unpaired) electrons. The lowest BCUT2D eigenvalue weighted by atomic mass is 10.1. The van der Waals surface area contributed by atoms with E-state index in [1.807, 2.05) is 0 Å². The molecule has 1 atom stereocenters. The predicted octanol–water partition coefficient (Wildman–Crippen LogP) is 1.14. The highest BCUT2D eigenvalue weighted by molar-refractivity contribution is 5.67. The van der Waals surface area contributed by atoms with E-state index >= 15 is 0 Å². The van der Waals surface area contributed by atoms with E-state index in [4.69, 9.17) is 0 Å². The number of alkyl halides is 3. The Kier molecular flexibility index (Phi) is 3.78. The third-order valence-corrected chi connectivity index (χ3v) is 2.01. The van der Waals surface area contributed by atoms with Gasteiger partial charge in [-0.15, -0.1) is 0 Å². The van der Waals surface area contributed by atoms with Gasteiger partial charge in [0.2, 0.25) is 0 Å². The van der Waals surface area contributed by atoms with Crippen molar-refractivity contribution >= 4 is 6.09 Å². The summed E-state index contributed by atoms with van der Waals surface area (Å²) in [5, 5.41) is 9.18. The molecule has 1 N–H and O–H groups in total. The van der Waals surface area contributed by atoms with E-state index in [-0.39, 0.29) is 6.54 Å². The summed E-state index contributed by atoms with van der Waals surface area (Å²) in [6.45, 7) is -1.22. The number of likely N-dealkylation sites (tertiary alicyclic amines) is 1. The minimum absolute atomic E-state index is 0.0384. The molecule has 1 rings (SSSR count). The summed E-state index contributed by atoms with van der Waals surface area (Å²) in [7, 11) is 0. The number of carbonyl (C=O) groups is 1. The summed E-state index contributed by atoms with van der Waals surface area (Å²) in [6, 6.07) is 0. The number of amides is 1. The largest absolute Gasteiger partial charge is 0.440 e. The monoisotopic (exact) mass is 227 g/mol. The van der Waals surface area contributed by atoms with Crippen molar-refractivity contribution in [2.24, 2.45) is 0 Å². The molecule has 0 aliphatic carbocycles. The first-order valence-corrected chi connectivity index (χ1v) is 4.55. The van der Waals surface area contributed by atoms with Gasteiger partial charge in [-0.05, 0) is 12.8 Å². The lowest BCUT2D eigenvalue weighted by Crippen LogP contribution is -2.43. The van der Waals surface area contributed by atoms with Gasteiger partial charge in [0, 0.05) is 13.1 Å². The average Bonchev–Trinajstić information content (AvgIpc) is 2.13. The summed E-state index contributed by atoms with van der Waals surface area (Å²) in [6.07, 6.45) is -5.07. The summed E-state index contributed by atoms with van der Waals surface area (Å²) in [5.41, 5.74) is 0. The van der Waals surface area contributed by atoms with Crippen LogP contribution in [0.3, 0.4) is 0 Å². The Morgan fingerprint density at radius 3 is 2.73 bits per heavy atom. The number of halogens is 3. The molecule has 0 aromatic heterocycles. The maximum Gasteiger partial charge on any atom is 0.422 e. The summed E-state index contributed by atoms with van der Waals surface area (Å²) >= 11 is 0. The molecule has 1 aliphatic heterocycles. The van der Waals surface area contributed by atoms with Gasteiger partial charge in [-0.3, -0.25) is 0 Å². The second kappa shape index (κ2) is 4.69. The number of rotatable bonds is 1. The van der Waals surface area contributed by atoms with E-state index in [1.54, 1.807) is 0 Å². The molecule has 7 heteroatoms. The van der Waals surface area contributed by atoms with Crippen molar-refractivity contribution < 1.29 is 27.8 Å². The third-order valence-electron chi connectivity index (χ3n) is 2.01. The van der Waals surface area contributed by atoms with Gasteiger partial charge in [0.05, 0.1) is 6.10 Å². The molecular weight excluding hydrogens is 215 g/mol. The maximum atomic E-state index is 11.7. The first-order chi connectivity index (χ1) is 6.88. The predicted molar refractivity (Wildman–Crippen MR) is 44.2 cm³/mol. The highest BCUT2D eigenvalue weighted by Crippen LogP contribution is 2.16. The van der Waals surface area contributed by atoms with Crippen molar-refractivity contribution in [3.63, 3.8) is 0 Å². The summed E-state index contributed by atoms with van der Waals surface area (Å²) in [5.74, 6) is 0. The zero-order valence-corrected chi connectivity index (χ0v) is 7.96. The lowest BCUT2D eigenvalue weighted by molar-refractivity contribution is -0.162. The van der Waals surface area contributed by atoms with Crippen molar-refractivity contribution in [2.75, 3.05) is 19.7 Å². The number of hydrogen-bond acceptors (Lipinski definition) is 3. The Labute approximate surface area is 84.6 Å². The standard InChI is InChI=1S/C8H12F3NO3/c9-8(10,11)5-15-7(14)12-3-1-2-6(13)4-12/h6,13H,1-5H2/t6-/m0/s1. The van der Waals surface area contributed by atoms with Gasteiger partial charge >= 0.3 is 12.3 Å². The Bertz CT molecular complexity index is 232. The molecule has 0 aromatic rings. The van der Waals surface area contributed by atoms with Crippen molar-refractivity contribution in [2.45, 2.75) is 25.1 Å². The molecule has 0 aromatic carbocycles. The van der Waals surface area contributed by atoms with Crippen LogP contribution < -0.4 is 0 Å². The van der Waals surface area contributed by atoms with E-state index in [0.717, 1.165) is 4.90 Å². The van der Waals surface area contributed by atoms with Gasteiger partial charge in [0.25, 0.3) is 0 Å². The zero-order valence-electron chi connectivity index (χ0n) is 7.96. The molecule has 1 saturated heterocycles. The van der Waals surface area contributed by atoms with Crippen LogP contribution in [0.5, 0.6) is 0 Å². The molecule has 15 heavy (non-hydrogen) atoms. The van der Waals surface area contributed by atoms with Crippen molar-refractivity contribution in [1.29, 1.82) is 0 Å². The van der Waals surface area contributed by atoms with Crippen LogP contribution in [0.15, 0.2) is 0 Å². The van der Waals surface area contributed by atoms with Crippen molar-refractivity contribution in [3.05, 3.63) is 0 Å². The molecule has 4 nitrogen and oxygen atoms in total. The fraction of sp³-hybridized carbons (Fsp3) is 0.875. The minimum Gasteiger partial charge on any atom is -0.440 e. The zero-order chi connectivity index (χ0) is 11.5. The van der Waals surface area contributed by atoms with Crippen molar-refractivity contribution in [3.8, 4) is 0 Å². The fourth-order valence-corrected chi connectivity index (χ4v) is 1.36. The number of hydrogen-bond donors (Lipinski definition) is 1. The van der Waals surface area contributed by atoms with Crippen LogP contribution in [-0.4, -0.2) is 48.1 Å². The molecule has 1 heterocycles. The molecule has 1 fully saturated rings. The molecule has 0 saturated carbocycles. The van der Waals surface area contributed by atoms with E-state index < -0.39 is 25.0 Å². The minimum atomic E-state index is -4.51. The molecule has 1 amide bonds. The molecule has 88 valence electrons.